The number of hydrogen-bond acceptors (Lipinski definition) is 3. The van der Waals surface area contributed by atoms with E-state index >= 15 is 0 Å². The molecule has 0 amide bonds. The van der Waals surface area contributed by atoms with Crippen LogP contribution in [0, 0.1) is 5.82 Å². The molecular formula is C10H4ClF4NOS. The maximum atomic E-state index is 12.7. The fourth-order valence-corrected chi connectivity index (χ4v) is 1.98. The highest BCUT2D eigenvalue weighted by Crippen LogP contribution is 2.36. The molecule has 2 rings (SSSR count). The smallest absolute Gasteiger partial charge is 0.429 e. The lowest BCUT2D eigenvalue weighted by atomic mass is 10.3. The first-order chi connectivity index (χ1) is 8.36. The fraction of sp³-hybridized carbons (Fsp3) is 0.100. The predicted octanol–water partition coefficient (Wildman–Crippen LogP) is 4.75. The molecule has 18 heavy (non-hydrogen) atoms. The standard InChI is InChI=1S/C10H4ClF4NOS/c11-6-3-5(12)1-2-7(6)17-9-16-8(4-18-9)10(13,14)15/h1-4H. The van der Waals surface area contributed by atoms with E-state index in [-0.39, 0.29) is 16.0 Å². The lowest BCUT2D eigenvalue weighted by Gasteiger charge is -2.04. The van der Waals surface area contributed by atoms with Crippen LogP contribution in [0.1, 0.15) is 5.69 Å². The van der Waals surface area contributed by atoms with Gasteiger partial charge < -0.3 is 4.74 Å². The summed E-state index contributed by atoms with van der Waals surface area (Å²) >= 11 is 6.34. The highest BCUT2D eigenvalue weighted by molar-refractivity contribution is 7.11. The summed E-state index contributed by atoms with van der Waals surface area (Å²) in [5, 5.41) is 0.571. The van der Waals surface area contributed by atoms with Gasteiger partial charge in [-0.05, 0) is 18.2 Å². The quantitative estimate of drug-likeness (QED) is 0.747. The molecule has 0 saturated carbocycles. The lowest BCUT2D eigenvalue weighted by molar-refractivity contribution is -0.140. The van der Waals surface area contributed by atoms with Crippen molar-refractivity contribution in [2.24, 2.45) is 0 Å². The second-order valence-electron chi connectivity index (χ2n) is 3.17. The molecule has 96 valence electrons. The Morgan fingerprint density at radius 2 is 2.00 bits per heavy atom. The van der Waals surface area contributed by atoms with E-state index in [1.165, 1.54) is 6.07 Å². The third kappa shape index (κ3) is 2.91. The zero-order chi connectivity index (χ0) is 13.3. The average Bonchev–Trinajstić information content (AvgIpc) is 2.70. The molecule has 0 unspecified atom stereocenters. The van der Waals surface area contributed by atoms with Crippen LogP contribution in [0.4, 0.5) is 17.6 Å². The summed E-state index contributed by atoms with van der Waals surface area (Å²) in [6.45, 7) is 0. The minimum Gasteiger partial charge on any atom is -0.429 e. The molecule has 0 aliphatic rings. The van der Waals surface area contributed by atoms with Gasteiger partial charge in [-0.1, -0.05) is 22.9 Å². The van der Waals surface area contributed by atoms with Gasteiger partial charge in [-0.15, -0.1) is 0 Å². The Morgan fingerprint density at radius 3 is 2.56 bits per heavy atom. The van der Waals surface area contributed by atoms with Crippen molar-refractivity contribution < 1.29 is 22.3 Å². The Balaban J connectivity index is 2.21. The summed E-state index contributed by atoms with van der Waals surface area (Å²) in [5.41, 5.74) is -1.04. The van der Waals surface area contributed by atoms with E-state index in [0.717, 1.165) is 17.5 Å². The molecule has 0 bridgehead atoms. The molecule has 1 heterocycles. The fourth-order valence-electron chi connectivity index (χ4n) is 1.09. The molecule has 1 aromatic carbocycles. The number of hydrogen-bond donors (Lipinski definition) is 0. The molecule has 0 N–H and O–H groups in total. The molecule has 2 aromatic rings. The van der Waals surface area contributed by atoms with Crippen LogP contribution in [0.3, 0.4) is 0 Å². The Bertz CT molecular complexity index is 569. The normalized spacial score (nSPS) is 11.6. The minimum atomic E-state index is -4.52. The van der Waals surface area contributed by atoms with Crippen LogP contribution in [0.15, 0.2) is 23.6 Å². The van der Waals surface area contributed by atoms with Gasteiger partial charge in [-0.25, -0.2) is 4.39 Å². The van der Waals surface area contributed by atoms with E-state index in [4.69, 9.17) is 16.3 Å². The second kappa shape index (κ2) is 4.74. The monoisotopic (exact) mass is 297 g/mol. The largest absolute Gasteiger partial charge is 0.434 e. The summed E-state index contributed by atoms with van der Waals surface area (Å²) in [6, 6.07) is 3.29. The summed E-state index contributed by atoms with van der Waals surface area (Å²) in [5.74, 6) is -0.524. The van der Waals surface area contributed by atoms with Gasteiger partial charge in [-0.2, -0.15) is 18.2 Å². The van der Waals surface area contributed by atoms with Crippen molar-refractivity contribution in [1.82, 2.24) is 4.98 Å². The first-order valence-corrected chi connectivity index (χ1v) is 5.77. The van der Waals surface area contributed by atoms with Crippen LogP contribution >= 0.6 is 22.9 Å². The Hall–Kier alpha value is -1.34. The topological polar surface area (TPSA) is 22.1 Å². The van der Waals surface area contributed by atoms with Crippen molar-refractivity contribution in [2.75, 3.05) is 0 Å². The van der Waals surface area contributed by atoms with Gasteiger partial charge in [0.15, 0.2) is 5.69 Å². The molecule has 0 fully saturated rings. The van der Waals surface area contributed by atoms with Crippen LogP contribution < -0.4 is 4.74 Å². The third-order valence-electron chi connectivity index (χ3n) is 1.86. The van der Waals surface area contributed by atoms with Gasteiger partial charge in [0.25, 0.3) is 5.19 Å². The van der Waals surface area contributed by atoms with E-state index in [1.54, 1.807) is 0 Å². The molecule has 0 radical (unpaired) electrons. The first kappa shape index (κ1) is 13.1. The second-order valence-corrected chi connectivity index (χ2v) is 4.40. The number of thiazole rings is 1. The maximum Gasteiger partial charge on any atom is 0.434 e. The molecular weight excluding hydrogens is 294 g/mol. The van der Waals surface area contributed by atoms with Crippen LogP contribution in [-0.2, 0) is 6.18 Å². The molecule has 0 saturated heterocycles. The highest BCUT2D eigenvalue weighted by atomic mass is 35.5. The Kier molecular flexibility index (Phi) is 3.45. The molecule has 0 atom stereocenters. The van der Waals surface area contributed by atoms with Gasteiger partial charge in [-0.3, -0.25) is 0 Å². The van der Waals surface area contributed by atoms with Gasteiger partial charge in [0.1, 0.15) is 11.6 Å². The Morgan fingerprint density at radius 1 is 1.28 bits per heavy atom. The lowest BCUT2D eigenvalue weighted by Crippen LogP contribution is -2.04. The summed E-state index contributed by atoms with van der Waals surface area (Å²) in [4.78, 5) is 3.26. The number of aromatic nitrogens is 1. The van der Waals surface area contributed by atoms with Gasteiger partial charge in [0.2, 0.25) is 0 Å². The molecule has 1 aromatic heterocycles. The van der Waals surface area contributed by atoms with E-state index in [2.05, 4.69) is 4.98 Å². The van der Waals surface area contributed by atoms with Gasteiger partial charge in [0.05, 0.1) is 5.02 Å². The number of ether oxygens (including phenoxy) is 1. The average molecular weight is 298 g/mol. The molecule has 8 heteroatoms. The predicted molar refractivity (Wildman–Crippen MR) is 58.6 cm³/mol. The number of halogens is 5. The highest BCUT2D eigenvalue weighted by Gasteiger charge is 2.34. The summed E-state index contributed by atoms with van der Waals surface area (Å²) in [7, 11) is 0. The van der Waals surface area contributed by atoms with Crippen LogP contribution in [-0.4, -0.2) is 4.98 Å². The minimum absolute atomic E-state index is 0.0427. The maximum absolute atomic E-state index is 12.7. The van der Waals surface area contributed by atoms with E-state index in [9.17, 15) is 17.6 Å². The first-order valence-electron chi connectivity index (χ1n) is 4.52. The summed E-state index contributed by atoms with van der Waals surface area (Å²) in [6.07, 6.45) is -4.52. The van der Waals surface area contributed by atoms with E-state index < -0.39 is 17.7 Å². The van der Waals surface area contributed by atoms with Crippen LogP contribution in [0.25, 0.3) is 0 Å². The van der Waals surface area contributed by atoms with Gasteiger partial charge >= 0.3 is 6.18 Å². The number of rotatable bonds is 2. The van der Waals surface area contributed by atoms with Crippen molar-refractivity contribution in [3.63, 3.8) is 0 Å². The SMILES string of the molecule is Fc1ccc(Oc2nc(C(F)(F)F)cs2)c(Cl)c1. The van der Waals surface area contributed by atoms with Crippen molar-refractivity contribution in [3.05, 3.63) is 40.1 Å². The van der Waals surface area contributed by atoms with Crippen molar-refractivity contribution >= 4 is 22.9 Å². The van der Waals surface area contributed by atoms with Crippen molar-refractivity contribution in [3.8, 4) is 10.9 Å². The van der Waals surface area contributed by atoms with Gasteiger partial charge in [0, 0.05) is 5.38 Å². The summed E-state index contributed by atoms with van der Waals surface area (Å²) < 4.78 is 54.6. The Labute approximate surface area is 108 Å². The van der Waals surface area contributed by atoms with E-state index in [0.29, 0.717) is 11.3 Å². The molecule has 0 aliphatic carbocycles. The van der Waals surface area contributed by atoms with Crippen LogP contribution in [0.5, 0.6) is 10.9 Å². The number of alkyl halides is 3. The third-order valence-corrected chi connectivity index (χ3v) is 2.88. The number of benzene rings is 1. The van der Waals surface area contributed by atoms with Crippen molar-refractivity contribution in [2.45, 2.75) is 6.18 Å². The van der Waals surface area contributed by atoms with Crippen molar-refractivity contribution in [1.29, 1.82) is 0 Å². The van der Waals surface area contributed by atoms with Crippen LogP contribution in [0.2, 0.25) is 5.02 Å². The zero-order valence-corrected chi connectivity index (χ0v) is 10.0. The number of nitrogens with zero attached hydrogens (tertiary/aromatic N) is 1. The van der Waals surface area contributed by atoms with E-state index in [1.807, 2.05) is 0 Å². The molecule has 2 nitrogen and oxygen atoms in total. The zero-order valence-electron chi connectivity index (χ0n) is 8.46. The molecule has 0 spiro atoms. The molecule has 0 aliphatic heterocycles.